The van der Waals surface area contributed by atoms with E-state index in [0.717, 1.165) is 37.1 Å². The van der Waals surface area contributed by atoms with Gasteiger partial charge in [0.2, 0.25) is 11.8 Å². The number of likely N-dealkylation sites (tertiary alicyclic amines) is 2. The maximum atomic E-state index is 13.3. The summed E-state index contributed by atoms with van der Waals surface area (Å²) >= 11 is 0. The minimum atomic E-state index is -0.316. The number of hydrogen-bond acceptors (Lipinski definition) is 7. The number of carbonyl (C=O) groups excluding carboxylic acids is 2. The number of amides is 2. The molecule has 2 amide bonds. The number of nitrogens with zero attached hydrogens (tertiary/aromatic N) is 7. The van der Waals surface area contributed by atoms with Crippen molar-refractivity contribution in [1.29, 1.82) is 5.26 Å². The number of para-hydroxylation sites is 1. The molecule has 4 atom stereocenters. The van der Waals surface area contributed by atoms with Crippen LogP contribution in [0.3, 0.4) is 0 Å². The first kappa shape index (κ1) is 19.6. The summed E-state index contributed by atoms with van der Waals surface area (Å²) in [6.07, 6.45) is 2.36. The van der Waals surface area contributed by atoms with Gasteiger partial charge in [-0.1, -0.05) is 19.1 Å². The largest absolute Gasteiger partial charge is 0.326 e. The van der Waals surface area contributed by atoms with Crippen molar-refractivity contribution in [1.82, 2.24) is 30.4 Å². The van der Waals surface area contributed by atoms with Gasteiger partial charge in [-0.2, -0.15) is 5.26 Å². The lowest BCUT2D eigenvalue weighted by Gasteiger charge is -2.36. The first-order valence-corrected chi connectivity index (χ1v) is 10.7. The van der Waals surface area contributed by atoms with Gasteiger partial charge in [0.15, 0.2) is 5.82 Å². The van der Waals surface area contributed by atoms with Crippen LogP contribution in [0.15, 0.2) is 24.3 Å². The van der Waals surface area contributed by atoms with Gasteiger partial charge in [-0.15, -0.1) is 5.10 Å². The van der Waals surface area contributed by atoms with E-state index in [1.807, 2.05) is 36.1 Å². The Balaban J connectivity index is 1.30. The number of benzene rings is 1. The molecule has 31 heavy (non-hydrogen) atoms. The second kappa shape index (κ2) is 7.74. The first-order valence-electron chi connectivity index (χ1n) is 10.7. The van der Waals surface area contributed by atoms with Gasteiger partial charge in [0.05, 0.1) is 23.8 Å². The van der Waals surface area contributed by atoms with Crippen LogP contribution < -0.4 is 4.90 Å². The normalized spacial score (nSPS) is 26.5. The second-order valence-corrected chi connectivity index (χ2v) is 8.55. The third kappa shape index (κ3) is 3.25. The highest BCUT2D eigenvalue weighted by molar-refractivity contribution is 6.03. The Bertz CT molecular complexity index is 1030. The molecule has 2 bridgehead atoms. The molecule has 10 nitrogen and oxygen atoms in total. The van der Waals surface area contributed by atoms with Crippen LogP contribution in [0.1, 0.15) is 26.2 Å². The van der Waals surface area contributed by atoms with Gasteiger partial charge < -0.3 is 9.80 Å². The highest BCUT2D eigenvalue weighted by Crippen LogP contribution is 2.39. The number of rotatable bonds is 5. The molecule has 3 saturated heterocycles. The topological polar surface area (TPSA) is 122 Å². The summed E-state index contributed by atoms with van der Waals surface area (Å²) in [7, 11) is 0. The molecule has 2 aromatic rings. The van der Waals surface area contributed by atoms with Crippen LogP contribution >= 0.6 is 0 Å². The number of carbonyl (C=O) groups is 2. The first-order chi connectivity index (χ1) is 15.1. The molecule has 0 unspecified atom stereocenters. The van der Waals surface area contributed by atoms with Crippen molar-refractivity contribution in [3.63, 3.8) is 0 Å². The predicted octanol–water partition coefficient (Wildman–Crippen LogP) is 0.807. The molecular formula is C21H24N8O2. The Labute approximate surface area is 179 Å². The third-order valence-corrected chi connectivity index (χ3v) is 6.65. The highest BCUT2D eigenvalue weighted by Gasteiger charge is 2.51. The molecule has 3 fully saturated rings. The third-order valence-electron chi connectivity index (χ3n) is 6.65. The Morgan fingerprint density at radius 3 is 2.97 bits per heavy atom. The lowest BCUT2D eigenvalue weighted by molar-refractivity contribution is -0.136. The SMILES string of the molecule is C[C@@H](CN1C[C@@H]2C[C@H]1C(=O)N2c1ccccc1-c1nnn[nH]1)C(=O)N1CCC[C@H]1C#N. The van der Waals surface area contributed by atoms with E-state index in [2.05, 4.69) is 31.6 Å². The number of hydrogen-bond donors (Lipinski definition) is 1. The van der Waals surface area contributed by atoms with Gasteiger partial charge in [0, 0.05) is 31.1 Å². The van der Waals surface area contributed by atoms with Crippen molar-refractivity contribution in [2.45, 2.75) is 44.3 Å². The Morgan fingerprint density at radius 1 is 1.39 bits per heavy atom. The molecule has 0 spiro atoms. The van der Waals surface area contributed by atoms with E-state index in [4.69, 9.17) is 0 Å². The monoisotopic (exact) mass is 420 g/mol. The molecule has 4 heterocycles. The fourth-order valence-corrected chi connectivity index (χ4v) is 5.22. The van der Waals surface area contributed by atoms with Crippen LogP contribution in [0.2, 0.25) is 0 Å². The van der Waals surface area contributed by atoms with Crippen LogP contribution in [-0.2, 0) is 9.59 Å². The number of tetrazole rings is 1. The maximum Gasteiger partial charge on any atom is 0.244 e. The minimum Gasteiger partial charge on any atom is -0.326 e. The van der Waals surface area contributed by atoms with E-state index in [1.54, 1.807) is 4.90 Å². The number of anilines is 1. The van der Waals surface area contributed by atoms with Gasteiger partial charge in [-0.05, 0) is 41.8 Å². The fraction of sp³-hybridized carbons (Fsp3) is 0.524. The Kier molecular flexibility index (Phi) is 4.90. The van der Waals surface area contributed by atoms with Crippen LogP contribution in [0.4, 0.5) is 5.69 Å². The number of piperazine rings is 1. The van der Waals surface area contributed by atoms with Crippen molar-refractivity contribution in [2.75, 3.05) is 24.5 Å². The smallest absolute Gasteiger partial charge is 0.244 e. The summed E-state index contributed by atoms with van der Waals surface area (Å²) in [6.45, 7) is 3.80. The van der Waals surface area contributed by atoms with Crippen LogP contribution in [-0.4, -0.2) is 80.0 Å². The molecule has 5 rings (SSSR count). The minimum absolute atomic E-state index is 0.0132. The van der Waals surface area contributed by atoms with E-state index < -0.39 is 0 Å². The number of nitrogens with one attached hydrogen (secondary N) is 1. The molecule has 3 aliphatic heterocycles. The van der Waals surface area contributed by atoms with E-state index in [-0.39, 0.29) is 35.9 Å². The second-order valence-electron chi connectivity index (χ2n) is 8.55. The van der Waals surface area contributed by atoms with E-state index in [9.17, 15) is 14.9 Å². The molecule has 0 radical (unpaired) electrons. The van der Waals surface area contributed by atoms with Crippen molar-refractivity contribution in [2.24, 2.45) is 5.92 Å². The van der Waals surface area contributed by atoms with Crippen LogP contribution in [0.25, 0.3) is 11.4 Å². The van der Waals surface area contributed by atoms with Gasteiger partial charge in [-0.3, -0.25) is 14.5 Å². The lowest BCUT2D eigenvalue weighted by Crippen LogP contribution is -2.53. The highest BCUT2D eigenvalue weighted by atomic mass is 16.2. The molecule has 160 valence electrons. The standard InChI is InChI=1S/C21H24N8O2/c1-13(20(30)28-8-4-5-14(28)10-22)11-27-12-15-9-18(27)21(31)29(15)17-7-3-2-6-16(17)19-23-25-26-24-19/h2-3,6-7,13-15,18H,4-5,8-9,11-12H2,1H3,(H,23,24,25,26)/t13-,14-,15-,18-/m0/s1. The molecule has 3 aliphatic rings. The molecule has 1 aromatic heterocycles. The summed E-state index contributed by atoms with van der Waals surface area (Å²) in [5.41, 5.74) is 1.59. The maximum absolute atomic E-state index is 13.3. The van der Waals surface area contributed by atoms with Gasteiger partial charge in [0.1, 0.15) is 6.04 Å². The zero-order valence-electron chi connectivity index (χ0n) is 17.3. The number of fused-ring (bicyclic) bond motifs is 2. The van der Waals surface area contributed by atoms with Gasteiger partial charge >= 0.3 is 0 Å². The number of aromatic nitrogens is 4. The quantitative estimate of drug-likeness (QED) is 0.759. The summed E-state index contributed by atoms with van der Waals surface area (Å²) in [5.74, 6) is 0.341. The molecule has 1 N–H and O–H groups in total. The van der Waals surface area contributed by atoms with Crippen molar-refractivity contribution < 1.29 is 9.59 Å². The molecule has 10 heteroatoms. The Hall–Kier alpha value is -3.32. The summed E-state index contributed by atoms with van der Waals surface area (Å²) in [4.78, 5) is 31.9. The van der Waals surface area contributed by atoms with E-state index in [0.29, 0.717) is 18.9 Å². The van der Waals surface area contributed by atoms with E-state index in [1.165, 1.54) is 0 Å². The summed E-state index contributed by atoms with van der Waals surface area (Å²) < 4.78 is 0. The number of H-pyrrole nitrogens is 1. The van der Waals surface area contributed by atoms with E-state index >= 15 is 0 Å². The Morgan fingerprint density at radius 2 is 2.23 bits per heavy atom. The predicted molar refractivity (Wildman–Crippen MR) is 110 cm³/mol. The molecule has 0 aliphatic carbocycles. The summed E-state index contributed by atoms with van der Waals surface area (Å²) in [6, 6.07) is 9.36. The summed E-state index contributed by atoms with van der Waals surface area (Å²) in [5, 5.41) is 23.4. The van der Waals surface area contributed by atoms with Crippen LogP contribution in [0, 0.1) is 17.2 Å². The van der Waals surface area contributed by atoms with Crippen molar-refractivity contribution in [3.8, 4) is 17.5 Å². The molecule has 0 saturated carbocycles. The molecular weight excluding hydrogens is 396 g/mol. The zero-order chi connectivity index (χ0) is 21.5. The molecule has 1 aromatic carbocycles. The average Bonchev–Trinajstić information content (AvgIpc) is 3.57. The fourth-order valence-electron chi connectivity index (χ4n) is 5.22. The van der Waals surface area contributed by atoms with Crippen molar-refractivity contribution in [3.05, 3.63) is 24.3 Å². The average molecular weight is 420 g/mol. The zero-order valence-corrected chi connectivity index (χ0v) is 17.3. The lowest BCUT2D eigenvalue weighted by atomic mass is 10.1. The number of nitriles is 1. The van der Waals surface area contributed by atoms with Gasteiger partial charge in [0.25, 0.3) is 0 Å². The van der Waals surface area contributed by atoms with Crippen molar-refractivity contribution >= 4 is 17.5 Å². The number of aromatic amines is 1. The van der Waals surface area contributed by atoms with Gasteiger partial charge in [-0.25, -0.2) is 5.10 Å². The van der Waals surface area contributed by atoms with Crippen LogP contribution in [0.5, 0.6) is 0 Å².